The number of aliphatic hydroxyl groups excluding tert-OH is 2. The van der Waals surface area contributed by atoms with E-state index in [9.17, 15) is 30.4 Å². The Morgan fingerprint density at radius 1 is 0.458 bits per heavy atom. The molecule has 6 aromatic rings. The Hall–Kier alpha value is -7.76. The number of rotatable bonds is 20. The number of nitro benzene ring substituents is 2. The van der Waals surface area contributed by atoms with Crippen molar-refractivity contribution in [1.29, 1.82) is 0 Å². The summed E-state index contributed by atoms with van der Waals surface area (Å²) in [7, 11) is 0. The first-order valence-electron chi connectivity index (χ1n) is 18.2. The number of nitro groups is 2. The van der Waals surface area contributed by atoms with E-state index in [1.54, 1.807) is 48.5 Å². The molecule has 0 fully saturated rings. The Bertz CT molecular complexity index is 2160. The molecule has 0 aliphatic rings. The lowest BCUT2D eigenvalue weighted by Crippen LogP contribution is -2.26. The highest BCUT2D eigenvalue weighted by Crippen LogP contribution is 2.27. The largest absolute Gasteiger partial charge is 0.491 e. The van der Waals surface area contributed by atoms with Gasteiger partial charge in [-0.25, -0.2) is 0 Å². The van der Waals surface area contributed by atoms with Crippen molar-refractivity contribution in [1.82, 2.24) is 0 Å². The van der Waals surface area contributed by atoms with Crippen molar-refractivity contribution < 1.29 is 34.3 Å². The third-order valence-corrected chi connectivity index (χ3v) is 8.27. The summed E-state index contributed by atoms with van der Waals surface area (Å²) in [5.74, 6) is 2.36. The molecule has 0 aliphatic heterocycles. The number of ether oxygens (including phenoxy) is 3. The highest BCUT2D eigenvalue weighted by molar-refractivity contribution is 5.51. The lowest BCUT2D eigenvalue weighted by Gasteiger charge is -2.15. The second-order valence-electron chi connectivity index (χ2n) is 12.8. The quantitative estimate of drug-likeness (QED) is 0.0323. The van der Waals surface area contributed by atoms with E-state index in [0.717, 1.165) is 11.4 Å². The van der Waals surface area contributed by atoms with Crippen LogP contribution < -0.4 is 24.8 Å². The summed E-state index contributed by atoms with van der Waals surface area (Å²) in [6.07, 6.45) is -1.57. The number of nitrogens with zero attached hydrogens (tertiary/aromatic N) is 6. The second kappa shape index (κ2) is 20.4. The number of nitrogens with one attached hydrogen (secondary N) is 2. The van der Waals surface area contributed by atoms with E-state index in [2.05, 4.69) is 31.1 Å². The molecular weight excluding hydrogens is 761 g/mol. The van der Waals surface area contributed by atoms with Gasteiger partial charge in [-0.3, -0.25) is 20.2 Å². The zero-order valence-electron chi connectivity index (χ0n) is 31.3. The van der Waals surface area contributed by atoms with Crippen molar-refractivity contribution >= 4 is 45.5 Å². The standard InChI is InChI=1S/C42H38N8O9/c51-37(27-57-39-17-9-33(10-18-39)47-45-31-1-13-35(14-2-31)49(53)54)25-43-29-5-21-41(22-6-29)59-42-23-7-30(8-24-42)44-26-38(52)28-58-40-19-11-34(12-20-40)48-46-32-3-15-36(16-4-32)50(55)56/h1-24,37-38,43-44,51-52H,25-28H2. The van der Waals surface area contributed by atoms with Crippen LogP contribution in [0, 0.1) is 20.2 Å². The minimum atomic E-state index is -0.783. The number of non-ortho nitro benzene ring substituents is 2. The smallest absolute Gasteiger partial charge is 0.269 e. The molecule has 0 aromatic heterocycles. The van der Waals surface area contributed by atoms with Crippen LogP contribution in [0.4, 0.5) is 45.5 Å². The number of benzene rings is 6. The van der Waals surface area contributed by atoms with Crippen LogP contribution in [0.5, 0.6) is 23.0 Å². The van der Waals surface area contributed by atoms with E-state index in [0.29, 0.717) is 45.7 Å². The van der Waals surface area contributed by atoms with Gasteiger partial charge in [0.2, 0.25) is 0 Å². The van der Waals surface area contributed by atoms with Gasteiger partial charge in [0.25, 0.3) is 11.4 Å². The summed E-state index contributed by atoms with van der Waals surface area (Å²) in [4.78, 5) is 20.6. The predicted octanol–water partition coefficient (Wildman–Crippen LogP) is 9.83. The van der Waals surface area contributed by atoms with Crippen molar-refractivity contribution in [3.63, 3.8) is 0 Å². The van der Waals surface area contributed by atoms with Gasteiger partial charge < -0.3 is 35.1 Å². The van der Waals surface area contributed by atoms with E-state index in [1.165, 1.54) is 48.5 Å². The Balaban J connectivity index is 0.850. The normalized spacial score (nSPS) is 12.2. The topological polar surface area (TPSA) is 228 Å². The van der Waals surface area contributed by atoms with Gasteiger partial charge in [-0.1, -0.05) is 0 Å². The van der Waals surface area contributed by atoms with Crippen LogP contribution in [0.2, 0.25) is 0 Å². The zero-order chi connectivity index (χ0) is 41.4. The molecular formula is C42H38N8O9. The molecule has 17 heteroatoms. The van der Waals surface area contributed by atoms with Crippen molar-refractivity contribution in [3.8, 4) is 23.0 Å². The predicted molar refractivity (Wildman–Crippen MR) is 220 cm³/mol. The summed E-state index contributed by atoms with van der Waals surface area (Å²) >= 11 is 0. The SMILES string of the molecule is O=[N+]([O-])c1ccc(N=Nc2ccc(OCC(O)CNc3ccc(Oc4ccc(NCC(O)COc5ccc(N=Nc6ccc([N+](=O)[O-])cc6)cc5)cc4)cc3)cc2)cc1. The van der Waals surface area contributed by atoms with Gasteiger partial charge in [0.05, 0.1) is 32.6 Å². The van der Waals surface area contributed by atoms with Crippen LogP contribution in [0.1, 0.15) is 0 Å². The fourth-order valence-corrected chi connectivity index (χ4v) is 5.12. The Labute approximate surface area is 337 Å². The fraction of sp³-hybridized carbons (Fsp3) is 0.143. The molecule has 0 saturated carbocycles. The molecule has 0 spiro atoms. The molecule has 17 nitrogen and oxygen atoms in total. The summed E-state index contributed by atoms with van der Waals surface area (Å²) in [5.41, 5.74) is 3.66. The molecule has 0 aliphatic carbocycles. The van der Waals surface area contributed by atoms with Crippen LogP contribution >= 0.6 is 0 Å². The maximum absolute atomic E-state index is 10.8. The molecule has 2 unspecified atom stereocenters. The number of anilines is 2. The van der Waals surface area contributed by atoms with Gasteiger partial charge in [-0.15, -0.1) is 0 Å². The van der Waals surface area contributed by atoms with Gasteiger partial charge in [-0.05, 0) is 121 Å². The lowest BCUT2D eigenvalue weighted by atomic mass is 10.2. The Morgan fingerprint density at radius 2 is 0.746 bits per heavy atom. The lowest BCUT2D eigenvalue weighted by molar-refractivity contribution is -0.385. The average Bonchev–Trinajstić information content (AvgIpc) is 3.26. The number of aliphatic hydroxyl groups is 2. The van der Waals surface area contributed by atoms with E-state index in [-0.39, 0.29) is 37.7 Å². The highest BCUT2D eigenvalue weighted by atomic mass is 16.6. The van der Waals surface area contributed by atoms with Crippen LogP contribution in [0.3, 0.4) is 0 Å². The molecule has 0 saturated heterocycles. The van der Waals surface area contributed by atoms with Gasteiger partial charge in [0, 0.05) is 48.7 Å². The van der Waals surface area contributed by atoms with Crippen LogP contribution in [-0.4, -0.2) is 58.6 Å². The van der Waals surface area contributed by atoms with Crippen molar-refractivity contribution in [3.05, 3.63) is 166 Å². The molecule has 0 bridgehead atoms. The molecule has 0 radical (unpaired) electrons. The minimum absolute atomic E-state index is 0.0194. The number of hydrogen-bond acceptors (Lipinski definition) is 15. The summed E-state index contributed by atoms with van der Waals surface area (Å²) in [6, 6.07) is 39.8. The molecule has 6 rings (SSSR count). The Kier molecular flexibility index (Phi) is 14.2. The molecule has 300 valence electrons. The van der Waals surface area contributed by atoms with Crippen LogP contribution in [0.25, 0.3) is 0 Å². The van der Waals surface area contributed by atoms with Gasteiger partial charge >= 0.3 is 0 Å². The van der Waals surface area contributed by atoms with E-state index < -0.39 is 22.1 Å². The van der Waals surface area contributed by atoms with Crippen LogP contribution in [-0.2, 0) is 0 Å². The molecule has 6 aromatic carbocycles. The molecule has 4 N–H and O–H groups in total. The van der Waals surface area contributed by atoms with Gasteiger partial charge in [0.1, 0.15) is 48.4 Å². The maximum atomic E-state index is 10.8. The molecule has 2 atom stereocenters. The van der Waals surface area contributed by atoms with Gasteiger partial charge in [0.15, 0.2) is 0 Å². The first-order chi connectivity index (χ1) is 28.6. The summed E-state index contributed by atoms with van der Waals surface area (Å²) in [6.45, 7) is 0.645. The minimum Gasteiger partial charge on any atom is -0.491 e. The third kappa shape index (κ3) is 13.2. The number of azo groups is 2. The molecule has 0 heterocycles. The highest BCUT2D eigenvalue weighted by Gasteiger charge is 2.09. The van der Waals surface area contributed by atoms with Crippen molar-refractivity contribution in [2.24, 2.45) is 20.5 Å². The maximum Gasteiger partial charge on any atom is 0.269 e. The zero-order valence-corrected chi connectivity index (χ0v) is 31.3. The average molecular weight is 799 g/mol. The van der Waals surface area contributed by atoms with Crippen molar-refractivity contribution in [2.45, 2.75) is 12.2 Å². The monoisotopic (exact) mass is 798 g/mol. The van der Waals surface area contributed by atoms with Crippen molar-refractivity contribution in [2.75, 3.05) is 36.9 Å². The first kappa shape index (κ1) is 40.9. The van der Waals surface area contributed by atoms with E-state index in [1.807, 2.05) is 48.5 Å². The molecule has 0 amide bonds. The summed E-state index contributed by atoms with van der Waals surface area (Å²) < 4.78 is 17.4. The van der Waals surface area contributed by atoms with Crippen LogP contribution in [0.15, 0.2) is 166 Å². The summed E-state index contributed by atoms with van der Waals surface area (Å²) in [5, 5.41) is 65.2. The number of hydrogen-bond donors (Lipinski definition) is 4. The third-order valence-electron chi connectivity index (χ3n) is 8.27. The first-order valence-corrected chi connectivity index (χ1v) is 18.2. The molecule has 59 heavy (non-hydrogen) atoms. The fourth-order valence-electron chi connectivity index (χ4n) is 5.12. The second-order valence-corrected chi connectivity index (χ2v) is 12.8. The Morgan fingerprint density at radius 3 is 1.05 bits per heavy atom. The van der Waals surface area contributed by atoms with E-state index in [4.69, 9.17) is 14.2 Å². The van der Waals surface area contributed by atoms with Gasteiger partial charge in [-0.2, -0.15) is 20.5 Å². The van der Waals surface area contributed by atoms with E-state index >= 15 is 0 Å².